The van der Waals surface area contributed by atoms with Gasteiger partial charge in [0.25, 0.3) is 0 Å². The Morgan fingerprint density at radius 3 is 2.37 bits per heavy atom. The van der Waals surface area contributed by atoms with Gasteiger partial charge < -0.3 is 5.73 Å². The van der Waals surface area contributed by atoms with Gasteiger partial charge in [-0.2, -0.15) is 0 Å². The molecule has 2 nitrogen and oxygen atoms in total. The van der Waals surface area contributed by atoms with Crippen LogP contribution in [0.2, 0.25) is 0 Å². The number of likely N-dealkylation sites (tertiary alicyclic amines) is 1. The summed E-state index contributed by atoms with van der Waals surface area (Å²) < 4.78 is 0. The lowest BCUT2D eigenvalue weighted by atomic mass is 9.92. The molecule has 0 saturated carbocycles. The van der Waals surface area contributed by atoms with Gasteiger partial charge in [0.2, 0.25) is 0 Å². The van der Waals surface area contributed by atoms with E-state index in [-0.39, 0.29) is 0 Å². The second-order valence-corrected chi connectivity index (χ2v) is 5.83. The summed E-state index contributed by atoms with van der Waals surface area (Å²) in [6, 6.07) is 9.69. The molecule has 0 bridgehead atoms. The van der Waals surface area contributed by atoms with E-state index in [1.165, 1.54) is 43.5 Å². The monoisotopic (exact) mass is 260 g/mol. The predicted octanol–water partition coefficient (Wildman–Crippen LogP) is 3.37. The van der Waals surface area contributed by atoms with Crippen LogP contribution in [-0.2, 0) is 6.42 Å². The Bertz CT molecular complexity index is 363. The van der Waals surface area contributed by atoms with E-state index in [9.17, 15) is 0 Å². The van der Waals surface area contributed by atoms with Gasteiger partial charge in [-0.1, -0.05) is 31.2 Å². The van der Waals surface area contributed by atoms with E-state index in [0.29, 0.717) is 6.04 Å². The topological polar surface area (TPSA) is 29.3 Å². The van der Waals surface area contributed by atoms with Gasteiger partial charge in [0.05, 0.1) is 0 Å². The zero-order chi connectivity index (χ0) is 13.7. The summed E-state index contributed by atoms with van der Waals surface area (Å²) in [5, 5.41) is 0. The third kappa shape index (κ3) is 3.80. The molecule has 1 aliphatic heterocycles. The maximum absolute atomic E-state index is 5.66. The van der Waals surface area contributed by atoms with Crippen molar-refractivity contribution in [2.45, 2.75) is 45.6 Å². The van der Waals surface area contributed by atoms with Crippen LogP contribution in [-0.4, -0.2) is 24.5 Å². The Kier molecular flexibility index (Phi) is 5.41. The van der Waals surface area contributed by atoms with Crippen molar-refractivity contribution in [3.63, 3.8) is 0 Å². The van der Waals surface area contributed by atoms with Crippen LogP contribution in [0.25, 0.3) is 0 Å². The summed E-state index contributed by atoms with van der Waals surface area (Å²) >= 11 is 0. The second-order valence-electron chi connectivity index (χ2n) is 5.83. The van der Waals surface area contributed by atoms with Crippen LogP contribution in [0.15, 0.2) is 24.3 Å². The minimum Gasteiger partial charge on any atom is -0.330 e. The van der Waals surface area contributed by atoms with Crippen molar-refractivity contribution >= 4 is 0 Å². The Hall–Kier alpha value is -0.860. The van der Waals surface area contributed by atoms with Crippen molar-refractivity contribution in [1.82, 2.24) is 4.90 Å². The van der Waals surface area contributed by atoms with Crippen molar-refractivity contribution in [2.24, 2.45) is 11.7 Å². The lowest BCUT2D eigenvalue weighted by Crippen LogP contribution is -2.36. The lowest BCUT2D eigenvalue weighted by molar-refractivity contribution is 0.138. The van der Waals surface area contributed by atoms with Crippen LogP contribution in [0.3, 0.4) is 0 Å². The number of nitrogens with zero attached hydrogens (tertiary/aromatic N) is 1. The average molecular weight is 260 g/mol. The molecule has 1 heterocycles. The molecule has 106 valence electrons. The molecule has 2 N–H and O–H groups in total. The van der Waals surface area contributed by atoms with E-state index in [1.54, 1.807) is 0 Å². The van der Waals surface area contributed by atoms with Crippen molar-refractivity contribution in [3.05, 3.63) is 35.4 Å². The van der Waals surface area contributed by atoms with Crippen LogP contribution < -0.4 is 5.73 Å². The fourth-order valence-corrected chi connectivity index (χ4v) is 3.11. The van der Waals surface area contributed by atoms with E-state index < -0.39 is 0 Å². The Morgan fingerprint density at radius 1 is 1.21 bits per heavy atom. The van der Waals surface area contributed by atoms with Gasteiger partial charge in [0.1, 0.15) is 0 Å². The SMILES string of the molecule is CCc1ccc(C(C)N2CCC(CCN)CC2)cc1. The molecular weight excluding hydrogens is 232 g/mol. The molecule has 1 atom stereocenters. The van der Waals surface area contributed by atoms with Gasteiger partial charge in [0.15, 0.2) is 0 Å². The smallest absolute Gasteiger partial charge is 0.0319 e. The van der Waals surface area contributed by atoms with Gasteiger partial charge in [-0.05, 0) is 69.3 Å². The highest BCUT2D eigenvalue weighted by Gasteiger charge is 2.22. The zero-order valence-electron chi connectivity index (χ0n) is 12.4. The average Bonchev–Trinajstić information content (AvgIpc) is 2.48. The first-order valence-corrected chi connectivity index (χ1v) is 7.77. The predicted molar refractivity (Wildman–Crippen MR) is 82.2 cm³/mol. The van der Waals surface area contributed by atoms with Gasteiger partial charge >= 0.3 is 0 Å². The van der Waals surface area contributed by atoms with E-state index in [1.807, 2.05) is 0 Å². The molecule has 0 amide bonds. The van der Waals surface area contributed by atoms with E-state index in [2.05, 4.69) is 43.0 Å². The normalized spacial score (nSPS) is 19.5. The first-order valence-electron chi connectivity index (χ1n) is 7.77. The van der Waals surface area contributed by atoms with E-state index in [0.717, 1.165) is 18.9 Å². The fourth-order valence-electron chi connectivity index (χ4n) is 3.11. The standard InChI is InChI=1S/C17H28N2/c1-3-15-4-6-17(7-5-15)14(2)19-12-9-16(8-11-18)10-13-19/h4-7,14,16H,3,8-13,18H2,1-2H3. The minimum atomic E-state index is 0.546. The number of aryl methyl sites for hydroxylation is 1. The third-order valence-electron chi connectivity index (χ3n) is 4.64. The number of nitrogens with two attached hydrogens (primary N) is 1. The molecule has 2 rings (SSSR count). The molecule has 1 unspecified atom stereocenters. The summed E-state index contributed by atoms with van der Waals surface area (Å²) in [6.45, 7) is 7.84. The van der Waals surface area contributed by atoms with E-state index in [4.69, 9.17) is 5.73 Å². The molecule has 0 aromatic heterocycles. The summed E-state index contributed by atoms with van der Waals surface area (Å²) in [5.41, 5.74) is 8.54. The molecular formula is C17H28N2. The van der Waals surface area contributed by atoms with Crippen molar-refractivity contribution in [1.29, 1.82) is 0 Å². The minimum absolute atomic E-state index is 0.546. The first kappa shape index (κ1) is 14.5. The van der Waals surface area contributed by atoms with Gasteiger partial charge in [-0.15, -0.1) is 0 Å². The van der Waals surface area contributed by atoms with Crippen LogP contribution in [0.5, 0.6) is 0 Å². The lowest BCUT2D eigenvalue weighted by Gasteiger charge is -2.36. The summed E-state index contributed by atoms with van der Waals surface area (Å²) in [4.78, 5) is 2.62. The fraction of sp³-hybridized carbons (Fsp3) is 0.647. The molecule has 1 aromatic carbocycles. The number of benzene rings is 1. The molecule has 1 fully saturated rings. The van der Waals surface area contributed by atoms with Crippen molar-refractivity contribution in [3.8, 4) is 0 Å². The van der Waals surface area contributed by atoms with Crippen LogP contribution in [0, 0.1) is 5.92 Å². The third-order valence-corrected chi connectivity index (χ3v) is 4.64. The maximum atomic E-state index is 5.66. The summed E-state index contributed by atoms with van der Waals surface area (Å²) in [5.74, 6) is 0.857. The van der Waals surface area contributed by atoms with Crippen LogP contribution >= 0.6 is 0 Å². The maximum Gasteiger partial charge on any atom is 0.0319 e. The van der Waals surface area contributed by atoms with Crippen molar-refractivity contribution < 1.29 is 0 Å². The van der Waals surface area contributed by atoms with Crippen molar-refractivity contribution in [2.75, 3.05) is 19.6 Å². The molecule has 1 aliphatic rings. The second kappa shape index (κ2) is 7.06. The molecule has 19 heavy (non-hydrogen) atoms. The number of piperidine rings is 1. The molecule has 1 saturated heterocycles. The Labute approximate surface area is 118 Å². The molecule has 1 aromatic rings. The number of hydrogen-bond acceptors (Lipinski definition) is 2. The molecule has 0 spiro atoms. The Morgan fingerprint density at radius 2 is 1.84 bits per heavy atom. The largest absolute Gasteiger partial charge is 0.330 e. The van der Waals surface area contributed by atoms with Crippen LogP contribution in [0.4, 0.5) is 0 Å². The van der Waals surface area contributed by atoms with Crippen LogP contribution in [0.1, 0.15) is 50.3 Å². The van der Waals surface area contributed by atoms with Gasteiger partial charge in [-0.25, -0.2) is 0 Å². The van der Waals surface area contributed by atoms with Gasteiger partial charge in [-0.3, -0.25) is 4.90 Å². The molecule has 2 heteroatoms. The number of hydrogen-bond donors (Lipinski definition) is 1. The first-order chi connectivity index (χ1) is 9.24. The highest BCUT2D eigenvalue weighted by atomic mass is 15.2. The molecule has 0 aliphatic carbocycles. The van der Waals surface area contributed by atoms with Gasteiger partial charge in [0, 0.05) is 6.04 Å². The summed E-state index contributed by atoms with van der Waals surface area (Å²) in [6.07, 6.45) is 4.95. The number of rotatable bonds is 5. The Balaban J connectivity index is 1.91. The summed E-state index contributed by atoms with van der Waals surface area (Å²) in [7, 11) is 0. The molecule has 0 radical (unpaired) electrons. The highest BCUT2D eigenvalue weighted by molar-refractivity contribution is 5.24. The van der Waals surface area contributed by atoms with E-state index >= 15 is 0 Å². The quantitative estimate of drug-likeness (QED) is 0.879. The highest BCUT2D eigenvalue weighted by Crippen LogP contribution is 2.27. The zero-order valence-corrected chi connectivity index (χ0v) is 12.4.